The summed E-state index contributed by atoms with van der Waals surface area (Å²) < 4.78 is 0. The van der Waals surface area contributed by atoms with Crippen LogP contribution in [0, 0.1) is 0 Å². The molecule has 0 saturated carbocycles. The SMILES string of the molecule is CNC(C(=O)Nc1ccc(C(C)C)cc1)c1ccccc1.Cl. The smallest absolute Gasteiger partial charge is 0.246 e. The maximum atomic E-state index is 12.4. The highest BCUT2D eigenvalue weighted by Gasteiger charge is 2.18. The van der Waals surface area contributed by atoms with Crippen LogP contribution in [0.4, 0.5) is 5.69 Å². The third-order valence-corrected chi connectivity index (χ3v) is 3.53. The Balaban J connectivity index is 0.00000242. The van der Waals surface area contributed by atoms with Crippen LogP contribution in [0.1, 0.15) is 36.9 Å². The highest BCUT2D eigenvalue weighted by atomic mass is 35.5. The zero-order valence-electron chi connectivity index (χ0n) is 13.2. The molecule has 1 atom stereocenters. The van der Waals surface area contributed by atoms with Crippen molar-refractivity contribution in [1.82, 2.24) is 5.32 Å². The number of anilines is 1. The monoisotopic (exact) mass is 318 g/mol. The molecule has 2 N–H and O–H groups in total. The Morgan fingerprint density at radius 2 is 1.50 bits per heavy atom. The number of hydrogen-bond donors (Lipinski definition) is 2. The number of amides is 1. The number of halogens is 1. The molecule has 0 saturated heterocycles. The van der Waals surface area contributed by atoms with Crippen molar-refractivity contribution in [3.63, 3.8) is 0 Å². The summed E-state index contributed by atoms with van der Waals surface area (Å²) >= 11 is 0. The Morgan fingerprint density at radius 1 is 0.909 bits per heavy atom. The molecule has 0 radical (unpaired) electrons. The van der Waals surface area contributed by atoms with Crippen molar-refractivity contribution < 1.29 is 4.79 Å². The van der Waals surface area contributed by atoms with Gasteiger partial charge in [0.1, 0.15) is 6.04 Å². The van der Waals surface area contributed by atoms with Gasteiger partial charge in [0.25, 0.3) is 0 Å². The second-order valence-electron chi connectivity index (χ2n) is 5.40. The standard InChI is InChI=1S/C18H22N2O.ClH/c1-13(2)14-9-11-16(12-10-14)20-18(21)17(19-3)15-7-5-4-6-8-15;/h4-13,17,19H,1-3H3,(H,20,21);1H. The van der Waals surface area contributed by atoms with Crippen LogP contribution < -0.4 is 10.6 Å². The lowest BCUT2D eigenvalue weighted by molar-refractivity contribution is -0.118. The van der Waals surface area contributed by atoms with Gasteiger partial charge < -0.3 is 10.6 Å². The van der Waals surface area contributed by atoms with E-state index in [-0.39, 0.29) is 24.4 Å². The van der Waals surface area contributed by atoms with Crippen molar-refractivity contribution in [1.29, 1.82) is 0 Å². The zero-order valence-corrected chi connectivity index (χ0v) is 14.0. The number of carbonyl (C=O) groups excluding carboxylic acids is 1. The summed E-state index contributed by atoms with van der Waals surface area (Å²) in [5.41, 5.74) is 3.04. The predicted molar refractivity (Wildman–Crippen MR) is 94.7 cm³/mol. The summed E-state index contributed by atoms with van der Waals surface area (Å²) in [6.45, 7) is 4.31. The normalized spacial score (nSPS) is 11.6. The average Bonchev–Trinajstić information content (AvgIpc) is 2.49. The van der Waals surface area contributed by atoms with Crippen molar-refractivity contribution in [2.75, 3.05) is 12.4 Å². The van der Waals surface area contributed by atoms with E-state index in [0.717, 1.165) is 11.3 Å². The molecule has 2 rings (SSSR count). The van der Waals surface area contributed by atoms with Gasteiger partial charge in [0.2, 0.25) is 5.91 Å². The number of benzene rings is 2. The Labute approximate surface area is 138 Å². The summed E-state index contributed by atoms with van der Waals surface area (Å²) in [6, 6.07) is 17.4. The third-order valence-electron chi connectivity index (χ3n) is 3.53. The quantitative estimate of drug-likeness (QED) is 0.870. The molecule has 118 valence electrons. The molecule has 0 aliphatic carbocycles. The lowest BCUT2D eigenvalue weighted by Crippen LogP contribution is -2.30. The van der Waals surface area contributed by atoms with Gasteiger partial charge in [-0.2, -0.15) is 0 Å². The van der Waals surface area contributed by atoms with Crippen LogP contribution in [-0.2, 0) is 4.79 Å². The summed E-state index contributed by atoms with van der Waals surface area (Å²) in [5, 5.41) is 6.01. The van der Waals surface area contributed by atoms with E-state index in [1.54, 1.807) is 7.05 Å². The van der Waals surface area contributed by atoms with Crippen molar-refractivity contribution >= 4 is 24.0 Å². The number of rotatable bonds is 5. The molecule has 1 amide bonds. The van der Waals surface area contributed by atoms with Crippen molar-refractivity contribution in [2.24, 2.45) is 0 Å². The molecule has 0 spiro atoms. The molecule has 0 aromatic heterocycles. The molecule has 2 aromatic rings. The largest absolute Gasteiger partial charge is 0.324 e. The lowest BCUT2D eigenvalue weighted by atomic mass is 10.0. The van der Waals surface area contributed by atoms with Crippen LogP contribution in [0.15, 0.2) is 54.6 Å². The summed E-state index contributed by atoms with van der Waals surface area (Å²) in [4.78, 5) is 12.4. The first kappa shape index (κ1) is 18.2. The zero-order chi connectivity index (χ0) is 15.2. The van der Waals surface area contributed by atoms with E-state index in [0.29, 0.717) is 5.92 Å². The minimum Gasteiger partial charge on any atom is -0.324 e. The van der Waals surface area contributed by atoms with Crippen LogP contribution in [0.25, 0.3) is 0 Å². The first-order valence-electron chi connectivity index (χ1n) is 7.25. The Kier molecular flexibility index (Phi) is 7.09. The predicted octanol–water partition coefficient (Wildman–Crippen LogP) is 4.13. The molecule has 0 fully saturated rings. The molecule has 2 aromatic carbocycles. The number of carbonyl (C=O) groups is 1. The van der Waals surface area contributed by atoms with E-state index >= 15 is 0 Å². The van der Waals surface area contributed by atoms with Gasteiger partial charge in [-0.3, -0.25) is 4.79 Å². The molecule has 1 unspecified atom stereocenters. The van der Waals surface area contributed by atoms with Crippen molar-refractivity contribution in [3.05, 3.63) is 65.7 Å². The summed E-state index contributed by atoms with van der Waals surface area (Å²) in [5.74, 6) is 0.435. The van der Waals surface area contributed by atoms with Gasteiger partial charge in [-0.05, 0) is 36.2 Å². The molecule has 0 heterocycles. The van der Waals surface area contributed by atoms with Gasteiger partial charge in [0.05, 0.1) is 0 Å². The molecule has 0 bridgehead atoms. The van der Waals surface area contributed by atoms with Gasteiger partial charge in [-0.15, -0.1) is 12.4 Å². The minimum absolute atomic E-state index is 0. The highest BCUT2D eigenvalue weighted by Crippen LogP contribution is 2.19. The average molecular weight is 319 g/mol. The van der Waals surface area contributed by atoms with Gasteiger partial charge in [-0.25, -0.2) is 0 Å². The van der Waals surface area contributed by atoms with E-state index in [1.807, 2.05) is 42.5 Å². The Hall–Kier alpha value is -1.84. The van der Waals surface area contributed by atoms with E-state index in [9.17, 15) is 4.79 Å². The maximum Gasteiger partial charge on any atom is 0.246 e. The van der Waals surface area contributed by atoms with E-state index in [1.165, 1.54) is 5.56 Å². The van der Waals surface area contributed by atoms with E-state index in [2.05, 4.69) is 36.6 Å². The number of nitrogens with one attached hydrogen (secondary N) is 2. The van der Waals surface area contributed by atoms with Gasteiger partial charge in [-0.1, -0.05) is 56.3 Å². The van der Waals surface area contributed by atoms with Crippen LogP contribution in [-0.4, -0.2) is 13.0 Å². The Morgan fingerprint density at radius 3 is 2.00 bits per heavy atom. The van der Waals surface area contributed by atoms with E-state index < -0.39 is 0 Å². The fourth-order valence-corrected chi connectivity index (χ4v) is 2.26. The van der Waals surface area contributed by atoms with Crippen LogP contribution in [0.5, 0.6) is 0 Å². The topological polar surface area (TPSA) is 41.1 Å². The highest BCUT2D eigenvalue weighted by molar-refractivity contribution is 5.95. The third kappa shape index (κ3) is 4.58. The second-order valence-corrected chi connectivity index (χ2v) is 5.40. The fourth-order valence-electron chi connectivity index (χ4n) is 2.26. The maximum absolute atomic E-state index is 12.4. The molecular weight excluding hydrogens is 296 g/mol. The lowest BCUT2D eigenvalue weighted by Gasteiger charge is -2.16. The van der Waals surface area contributed by atoms with Crippen LogP contribution in [0.3, 0.4) is 0 Å². The molecule has 0 aliphatic rings. The summed E-state index contributed by atoms with van der Waals surface area (Å²) in [6.07, 6.45) is 0. The van der Waals surface area contributed by atoms with Crippen LogP contribution >= 0.6 is 12.4 Å². The van der Waals surface area contributed by atoms with Crippen molar-refractivity contribution in [3.8, 4) is 0 Å². The fraction of sp³-hybridized carbons (Fsp3) is 0.278. The molecule has 22 heavy (non-hydrogen) atoms. The van der Waals surface area contributed by atoms with Gasteiger partial charge >= 0.3 is 0 Å². The number of likely N-dealkylation sites (N-methyl/N-ethyl adjacent to an activating group) is 1. The number of hydrogen-bond acceptors (Lipinski definition) is 2. The summed E-state index contributed by atoms with van der Waals surface area (Å²) in [7, 11) is 1.79. The van der Waals surface area contributed by atoms with Crippen molar-refractivity contribution in [2.45, 2.75) is 25.8 Å². The van der Waals surface area contributed by atoms with Crippen LogP contribution in [0.2, 0.25) is 0 Å². The van der Waals surface area contributed by atoms with E-state index in [4.69, 9.17) is 0 Å². The second kappa shape index (κ2) is 8.57. The first-order chi connectivity index (χ1) is 10.1. The molecule has 0 aliphatic heterocycles. The molecular formula is C18H23ClN2O. The minimum atomic E-state index is -0.351. The molecule has 4 heteroatoms. The molecule has 3 nitrogen and oxygen atoms in total. The van der Waals surface area contributed by atoms with Gasteiger partial charge in [0, 0.05) is 5.69 Å². The first-order valence-corrected chi connectivity index (χ1v) is 7.25. The Bertz CT molecular complexity index is 582. The van der Waals surface area contributed by atoms with Gasteiger partial charge in [0.15, 0.2) is 0 Å².